The van der Waals surface area contributed by atoms with Crippen molar-refractivity contribution in [3.63, 3.8) is 0 Å². The number of benzene rings is 1. The van der Waals surface area contributed by atoms with Gasteiger partial charge in [-0.25, -0.2) is 4.98 Å². The molecule has 0 saturated carbocycles. The first-order valence-corrected chi connectivity index (χ1v) is 5.09. The zero-order valence-corrected chi connectivity index (χ0v) is 9.34. The van der Waals surface area contributed by atoms with Gasteiger partial charge in [0.15, 0.2) is 0 Å². The Labute approximate surface area is 99.5 Å². The molecule has 4 nitrogen and oxygen atoms in total. The molecule has 1 aromatic heterocycles. The topological polar surface area (TPSA) is 57.9 Å². The molecular weight excluding hydrogens is 214 g/mol. The van der Waals surface area contributed by atoms with Crippen molar-refractivity contribution < 1.29 is 4.74 Å². The molecule has 4 heteroatoms. The molecule has 84 valence electrons. The quantitative estimate of drug-likeness (QED) is 0.872. The van der Waals surface area contributed by atoms with Crippen LogP contribution in [-0.2, 0) is 0 Å². The van der Waals surface area contributed by atoms with Crippen molar-refractivity contribution >= 4 is 11.5 Å². The fourth-order valence-electron chi connectivity index (χ4n) is 1.45. The molecule has 2 aromatic rings. The van der Waals surface area contributed by atoms with E-state index in [1.165, 1.54) is 0 Å². The van der Waals surface area contributed by atoms with Crippen LogP contribution in [0.3, 0.4) is 0 Å². The number of rotatable bonds is 3. The second-order valence-electron chi connectivity index (χ2n) is 3.37. The summed E-state index contributed by atoms with van der Waals surface area (Å²) in [4.78, 5) is 4.14. The summed E-state index contributed by atoms with van der Waals surface area (Å²) in [5.41, 5.74) is 1.38. The number of pyridine rings is 1. The number of aromatic nitrogens is 1. The van der Waals surface area contributed by atoms with Crippen LogP contribution in [0.2, 0.25) is 0 Å². The molecule has 0 amide bonds. The van der Waals surface area contributed by atoms with Crippen LogP contribution in [0.1, 0.15) is 5.56 Å². The molecule has 1 N–H and O–H groups in total. The molecular formula is C13H11N3O. The summed E-state index contributed by atoms with van der Waals surface area (Å²) in [5.74, 6) is 1.35. The van der Waals surface area contributed by atoms with Gasteiger partial charge in [0, 0.05) is 6.20 Å². The molecule has 0 radical (unpaired) electrons. The molecule has 1 aromatic carbocycles. The first-order valence-electron chi connectivity index (χ1n) is 5.09. The van der Waals surface area contributed by atoms with E-state index in [1.54, 1.807) is 25.4 Å². The molecule has 0 aliphatic heterocycles. The number of nitriles is 1. The Balaban J connectivity index is 2.28. The van der Waals surface area contributed by atoms with E-state index in [1.807, 2.05) is 24.3 Å². The molecule has 0 fully saturated rings. The van der Waals surface area contributed by atoms with Gasteiger partial charge in [-0.2, -0.15) is 5.26 Å². The summed E-state index contributed by atoms with van der Waals surface area (Å²) in [5, 5.41) is 11.9. The average Bonchev–Trinajstić information content (AvgIpc) is 2.39. The van der Waals surface area contributed by atoms with E-state index in [0.717, 1.165) is 11.4 Å². The number of methoxy groups -OCH3 is 1. The minimum Gasteiger partial charge on any atom is -0.495 e. The lowest BCUT2D eigenvalue weighted by molar-refractivity contribution is 0.417. The largest absolute Gasteiger partial charge is 0.495 e. The maximum atomic E-state index is 8.80. The molecule has 0 unspecified atom stereocenters. The van der Waals surface area contributed by atoms with Crippen LogP contribution >= 0.6 is 0 Å². The van der Waals surface area contributed by atoms with Gasteiger partial charge in [-0.15, -0.1) is 0 Å². The average molecular weight is 225 g/mol. The first kappa shape index (κ1) is 11.0. The van der Waals surface area contributed by atoms with Crippen LogP contribution in [0.4, 0.5) is 11.5 Å². The smallest absolute Gasteiger partial charge is 0.142 e. The lowest BCUT2D eigenvalue weighted by Crippen LogP contribution is -1.96. The first-order chi connectivity index (χ1) is 8.33. The SMILES string of the molecule is COc1ccccc1Nc1cc(C#N)ccn1. The van der Waals surface area contributed by atoms with Crippen LogP contribution in [-0.4, -0.2) is 12.1 Å². The number of anilines is 2. The van der Waals surface area contributed by atoms with Gasteiger partial charge in [0.2, 0.25) is 0 Å². The highest BCUT2D eigenvalue weighted by molar-refractivity contribution is 5.64. The number of hydrogen-bond donors (Lipinski definition) is 1. The Hall–Kier alpha value is -2.54. The van der Waals surface area contributed by atoms with Gasteiger partial charge < -0.3 is 10.1 Å². The standard InChI is InChI=1S/C13H11N3O/c1-17-12-5-3-2-4-11(12)16-13-8-10(9-14)6-7-15-13/h2-8H,1H3,(H,15,16). The summed E-state index contributed by atoms with van der Waals surface area (Å²) in [7, 11) is 1.61. The monoisotopic (exact) mass is 225 g/mol. The maximum Gasteiger partial charge on any atom is 0.142 e. The number of ether oxygens (including phenoxy) is 1. The van der Waals surface area contributed by atoms with E-state index in [9.17, 15) is 0 Å². The van der Waals surface area contributed by atoms with E-state index in [2.05, 4.69) is 16.4 Å². The second-order valence-corrected chi connectivity index (χ2v) is 3.37. The Morgan fingerprint density at radius 2 is 2.12 bits per heavy atom. The summed E-state index contributed by atoms with van der Waals surface area (Å²) in [6.45, 7) is 0. The number of nitrogens with zero attached hydrogens (tertiary/aromatic N) is 2. The number of hydrogen-bond acceptors (Lipinski definition) is 4. The predicted octanol–water partition coefficient (Wildman–Crippen LogP) is 2.71. The minimum absolute atomic E-state index is 0.567. The summed E-state index contributed by atoms with van der Waals surface area (Å²) in [6.07, 6.45) is 1.59. The molecule has 0 aliphatic rings. The third-order valence-electron chi connectivity index (χ3n) is 2.26. The maximum absolute atomic E-state index is 8.80. The highest BCUT2D eigenvalue weighted by atomic mass is 16.5. The van der Waals surface area contributed by atoms with E-state index >= 15 is 0 Å². The van der Waals surface area contributed by atoms with E-state index in [-0.39, 0.29) is 0 Å². The molecule has 0 aliphatic carbocycles. The van der Waals surface area contributed by atoms with Gasteiger partial charge in [0.1, 0.15) is 11.6 Å². The third kappa shape index (κ3) is 2.52. The van der Waals surface area contributed by atoms with Crippen LogP contribution in [0.25, 0.3) is 0 Å². The predicted molar refractivity (Wildman–Crippen MR) is 65.2 cm³/mol. The minimum atomic E-state index is 0.567. The molecule has 17 heavy (non-hydrogen) atoms. The van der Waals surface area contributed by atoms with Crippen molar-refractivity contribution in [2.24, 2.45) is 0 Å². The van der Waals surface area contributed by atoms with Crippen LogP contribution in [0.5, 0.6) is 5.75 Å². The molecule has 0 bridgehead atoms. The molecule has 0 saturated heterocycles. The van der Waals surface area contributed by atoms with Crippen LogP contribution in [0, 0.1) is 11.3 Å². The summed E-state index contributed by atoms with van der Waals surface area (Å²) < 4.78 is 5.22. The number of para-hydroxylation sites is 2. The van der Waals surface area contributed by atoms with Crippen molar-refractivity contribution in [2.45, 2.75) is 0 Å². The van der Waals surface area contributed by atoms with E-state index in [0.29, 0.717) is 11.4 Å². The zero-order chi connectivity index (χ0) is 12.1. The van der Waals surface area contributed by atoms with Crippen molar-refractivity contribution in [1.29, 1.82) is 5.26 Å². The Kier molecular flexibility index (Phi) is 3.22. The Morgan fingerprint density at radius 1 is 1.29 bits per heavy atom. The molecule has 0 spiro atoms. The Bertz CT molecular complexity index is 561. The fraction of sp³-hybridized carbons (Fsp3) is 0.0769. The summed E-state index contributed by atoms with van der Waals surface area (Å²) >= 11 is 0. The van der Waals surface area contributed by atoms with Crippen LogP contribution < -0.4 is 10.1 Å². The second kappa shape index (κ2) is 4.99. The molecule has 2 rings (SSSR count). The van der Waals surface area contributed by atoms with E-state index < -0.39 is 0 Å². The lowest BCUT2D eigenvalue weighted by Gasteiger charge is -2.09. The van der Waals surface area contributed by atoms with Gasteiger partial charge in [-0.05, 0) is 24.3 Å². The van der Waals surface area contributed by atoms with Crippen molar-refractivity contribution in [2.75, 3.05) is 12.4 Å². The van der Waals surface area contributed by atoms with Crippen molar-refractivity contribution in [3.05, 3.63) is 48.2 Å². The normalized spacial score (nSPS) is 9.41. The van der Waals surface area contributed by atoms with Gasteiger partial charge in [-0.1, -0.05) is 12.1 Å². The van der Waals surface area contributed by atoms with Gasteiger partial charge in [0.05, 0.1) is 24.4 Å². The lowest BCUT2D eigenvalue weighted by atomic mass is 10.2. The fourth-order valence-corrected chi connectivity index (χ4v) is 1.45. The van der Waals surface area contributed by atoms with Crippen LogP contribution in [0.15, 0.2) is 42.6 Å². The Morgan fingerprint density at radius 3 is 2.88 bits per heavy atom. The summed E-state index contributed by atoms with van der Waals surface area (Å²) in [6, 6.07) is 13.0. The molecule has 0 atom stereocenters. The van der Waals surface area contributed by atoms with Gasteiger partial charge in [0.25, 0.3) is 0 Å². The highest BCUT2D eigenvalue weighted by Crippen LogP contribution is 2.26. The third-order valence-corrected chi connectivity index (χ3v) is 2.26. The van der Waals surface area contributed by atoms with E-state index in [4.69, 9.17) is 10.00 Å². The van der Waals surface area contributed by atoms with Gasteiger partial charge >= 0.3 is 0 Å². The highest BCUT2D eigenvalue weighted by Gasteiger charge is 2.02. The van der Waals surface area contributed by atoms with Crippen molar-refractivity contribution in [1.82, 2.24) is 4.98 Å². The molecule has 1 heterocycles. The zero-order valence-electron chi connectivity index (χ0n) is 9.34. The van der Waals surface area contributed by atoms with Crippen molar-refractivity contribution in [3.8, 4) is 11.8 Å². The number of nitrogens with one attached hydrogen (secondary N) is 1. The van der Waals surface area contributed by atoms with Gasteiger partial charge in [-0.3, -0.25) is 0 Å².